The van der Waals surface area contributed by atoms with Crippen LogP contribution in [0.15, 0.2) is 46.2 Å². The van der Waals surface area contributed by atoms with Gasteiger partial charge in [0, 0.05) is 10.9 Å². The minimum absolute atomic E-state index is 0.0591. The lowest BCUT2D eigenvalue weighted by Crippen LogP contribution is -2.05. The fourth-order valence-electron chi connectivity index (χ4n) is 2.07. The summed E-state index contributed by atoms with van der Waals surface area (Å²) in [6, 6.07) is 10.9. The number of esters is 2. The Morgan fingerprint density at radius 1 is 1.12 bits per heavy atom. The number of aromatic nitrogens is 1. The third-order valence-electron chi connectivity index (χ3n) is 3.41. The Hall–Kier alpha value is -2.93. The van der Waals surface area contributed by atoms with E-state index in [9.17, 15) is 9.59 Å². The molecule has 2 aromatic heterocycles. The highest BCUT2D eigenvalue weighted by molar-refractivity contribution is 7.13. The van der Waals surface area contributed by atoms with Crippen LogP contribution in [0, 0.1) is 6.92 Å². The van der Waals surface area contributed by atoms with Gasteiger partial charge in [0.25, 0.3) is 0 Å². The largest absolute Gasteiger partial charge is 0.463 e. The van der Waals surface area contributed by atoms with Gasteiger partial charge in [-0.3, -0.25) is 0 Å². The molecule has 0 aliphatic carbocycles. The third kappa shape index (κ3) is 3.95. The number of aryl methyl sites for hydroxylation is 1. The quantitative estimate of drug-likeness (QED) is 0.645. The first-order valence-corrected chi connectivity index (χ1v) is 8.31. The van der Waals surface area contributed by atoms with E-state index in [0.717, 1.165) is 16.1 Å². The van der Waals surface area contributed by atoms with E-state index in [4.69, 9.17) is 9.15 Å². The molecule has 0 unspecified atom stereocenters. The number of methoxy groups -OCH3 is 1. The van der Waals surface area contributed by atoms with Crippen molar-refractivity contribution in [3.63, 3.8) is 0 Å². The highest BCUT2D eigenvalue weighted by Crippen LogP contribution is 2.24. The van der Waals surface area contributed by atoms with Gasteiger partial charge in [-0.1, -0.05) is 29.8 Å². The van der Waals surface area contributed by atoms with E-state index in [-0.39, 0.29) is 18.1 Å². The van der Waals surface area contributed by atoms with Crippen LogP contribution in [0.4, 0.5) is 0 Å². The average molecular weight is 357 g/mol. The minimum Gasteiger partial charge on any atom is -0.463 e. The van der Waals surface area contributed by atoms with Crippen LogP contribution in [0.1, 0.15) is 32.4 Å². The van der Waals surface area contributed by atoms with E-state index in [1.165, 1.54) is 24.5 Å². The molecule has 0 radical (unpaired) electrons. The molecule has 3 aromatic rings. The Kier molecular flexibility index (Phi) is 4.95. The third-order valence-corrected chi connectivity index (χ3v) is 4.30. The highest BCUT2D eigenvalue weighted by Gasteiger charge is 2.16. The molecule has 128 valence electrons. The summed E-state index contributed by atoms with van der Waals surface area (Å²) in [6.07, 6.45) is 0. The SMILES string of the molecule is COC(=O)c1ccc(COC(=O)c2csc(-c3ccc(C)cc3)n2)o1. The lowest BCUT2D eigenvalue weighted by atomic mass is 10.2. The number of nitrogens with zero attached hydrogens (tertiary/aromatic N) is 1. The number of furan rings is 1. The molecule has 3 rings (SSSR count). The van der Waals surface area contributed by atoms with Crippen molar-refractivity contribution >= 4 is 23.3 Å². The second kappa shape index (κ2) is 7.31. The summed E-state index contributed by atoms with van der Waals surface area (Å²) in [5, 5.41) is 2.40. The summed E-state index contributed by atoms with van der Waals surface area (Å²) in [6.45, 7) is 1.92. The molecule has 7 heteroatoms. The number of carbonyl (C=O) groups is 2. The summed E-state index contributed by atoms with van der Waals surface area (Å²) >= 11 is 1.37. The number of ether oxygens (including phenoxy) is 2. The molecule has 0 bridgehead atoms. The number of hydrogen-bond acceptors (Lipinski definition) is 7. The Morgan fingerprint density at radius 3 is 2.60 bits per heavy atom. The van der Waals surface area contributed by atoms with Crippen LogP contribution in [-0.2, 0) is 16.1 Å². The van der Waals surface area contributed by atoms with Crippen molar-refractivity contribution < 1.29 is 23.5 Å². The van der Waals surface area contributed by atoms with Gasteiger partial charge < -0.3 is 13.9 Å². The predicted octanol–water partition coefficient (Wildman–Crippen LogP) is 3.86. The van der Waals surface area contributed by atoms with Crippen LogP contribution in [0.5, 0.6) is 0 Å². The molecule has 0 aliphatic rings. The van der Waals surface area contributed by atoms with E-state index in [1.807, 2.05) is 31.2 Å². The maximum atomic E-state index is 12.1. The number of thiazole rings is 1. The second-order valence-electron chi connectivity index (χ2n) is 5.24. The van der Waals surface area contributed by atoms with Crippen LogP contribution in [0.2, 0.25) is 0 Å². The summed E-state index contributed by atoms with van der Waals surface area (Å²) in [7, 11) is 1.26. The highest BCUT2D eigenvalue weighted by atomic mass is 32.1. The monoisotopic (exact) mass is 357 g/mol. The van der Waals surface area contributed by atoms with E-state index in [2.05, 4.69) is 9.72 Å². The van der Waals surface area contributed by atoms with Gasteiger partial charge in [0.1, 0.15) is 17.4 Å². The second-order valence-corrected chi connectivity index (χ2v) is 6.10. The number of benzene rings is 1. The van der Waals surface area contributed by atoms with Gasteiger partial charge in [0.2, 0.25) is 5.76 Å². The van der Waals surface area contributed by atoms with Crippen molar-refractivity contribution in [2.45, 2.75) is 13.5 Å². The standard InChI is InChI=1S/C18H15NO5S/c1-11-3-5-12(6-4-11)16-19-14(10-25-16)17(20)23-9-13-7-8-15(24-13)18(21)22-2/h3-8,10H,9H2,1-2H3. The first-order valence-electron chi connectivity index (χ1n) is 7.43. The molecular formula is C18H15NO5S. The van der Waals surface area contributed by atoms with Crippen molar-refractivity contribution in [1.29, 1.82) is 0 Å². The van der Waals surface area contributed by atoms with Gasteiger partial charge >= 0.3 is 11.9 Å². The molecule has 0 atom stereocenters. The van der Waals surface area contributed by atoms with Gasteiger partial charge in [-0.25, -0.2) is 14.6 Å². The minimum atomic E-state index is -0.584. The molecule has 2 heterocycles. The van der Waals surface area contributed by atoms with Crippen LogP contribution in [0.3, 0.4) is 0 Å². The molecule has 0 aliphatic heterocycles. The van der Waals surface area contributed by atoms with Crippen LogP contribution < -0.4 is 0 Å². The normalized spacial score (nSPS) is 10.5. The zero-order valence-corrected chi connectivity index (χ0v) is 14.5. The zero-order valence-electron chi connectivity index (χ0n) is 13.6. The molecular weight excluding hydrogens is 342 g/mol. The predicted molar refractivity (Wildman–Crippen MR) is 91.5 cm³/mol. The van der Waals surface area contributed by atoms with Crippen molar-refractivity contribution in [2.75, 3.05) is 7.11 Å². The Bertz CT molecular complexity index is 894. The molecule has 0 spiro atoms. The summed E-state index contributed by atoms with van der Waals surface area (Å²) in [4.78, 5) is 27.7. The maximum Gasteiger partial charge on any atom is 0.373 e. The molecule has 1 aromatic carbocycles. The van der Waals surface area contributed by atoms with Crippen LogP contribution in [-0.4, -0.2) is 24.0 Å². The van der Waals surface area contributed by atoms with Gasteiger partial charge in [-0.05, 0) is 19.1 Å². The van der Waals surface area contributed by atoms with E-state index in [1.54, 1.807) is 11.4 Å². The summed E-state index contributed by atoms with van der Waals surface area (Å²) in [5.41, 5.74) is 2.34. The lowest BCUT2D eigenvalue weighted by Gasteiger charge is -2.00. The number of rotatable bonds is 5. The molecule has 25 heavy (non-hydrogen) atoms. The molecule has 0 saturated heterocycles. The van der Waals surface area contributed by atoms with E-state index >= 15 is 0 Å². The number of hydrogen-bond donors (Lipinski definition) is 0. The maximum absolute atomic E-state index is 12.1. The molecule has 0 fully saturated rings. The summed E-state index contributed by atoms with van der Waals surface area (Å²) < 4.78 is 15.0. The Balaban J connectivity index is 1.63. The van der Waals surface area contributed by atoms with E-state index in [0.29, 0.717) is 5.76 Å². The van der Waals surface area contributed by atoms with Crippen molar-refractivity contribution in [1.82, 2.24) is 4.98 Å². The molecule has 0 N–H and O–H groups in total. The van der Waals surface area contributed by atoms with Crippen molar-refractivity contribution in [2.24, 2.45) is 0 Å². The Morgan fingerprint density at radius 2 is 1.88 bits per heavy atom. The van der Waals surface area contributed by atoms with E-state index < -0.39 is 11.9 Å². The fourth-order valence-corrected chi connectivity index (χ4v) is 2.87. The smallest absolute Gasteiger partial charge is 0.373 e. The van der Waals surface area contributed by atoms with Gasteiger partial charge in [-0.15, -0.1) is 11.3 Å². The number of carbonyl (C=O) groups excluding carboxylic acids is 2. The first-order chi connectivity index (χ1) is 12.1. The van der Waals surface area contributed by atoms with Crippen molar-refractivity contribution in [3.8, 4) is 10.6 Å². The molecule has 6 nitrogen and oxygen atoms in total. The zero-order chi connectivity index (χ0) is 17.8. The molecule has 0 saturated carbocycles. The van der Waals surface area contributed by atoms with Gasteiger partial charge in [-0.2, -0.15) is 0 Å². The first kappa shape index (κ1) is 16.9. The Labute approximate surface area is 148 Å². The van der Waals surface area contributed by atoms with Gasteiger partial charge in [0.05, 0.1) is 7.11 Å². The lowest BCUT2D eigenvalue weighted by molar-refractivity contribution is 0.0432. The fraction of sp³-hybridized carbons (Fsp3) is 0.167. The topological polar surface area (TPSA) is 78.6 Å². The summed E-state index contributed by atoms with van der Waals surface area (Å²) in [5.74, 6) is -0.725. The van der Waals surface area contributed by atoms with Gasteiger partial charge in [0.15, 0.2) is 5.69 Å². The van der Waals surface area contributed by atoms with Crippen LogP contribution >= 0.6 is 11.3 Å². The average Bonchev–Trinajstić information content (AvgIpc) is 3.29. The van der Waals surface area contributed by atoms with Crippen LogP contribution in [0.25, 0.3) is 10.6 Å². The molecule has 0 amide bonds. The van der Waals surface area contributed by atoms with Crippen molar-refractivity contribution in [3.05, 3.63) is 64.6 Å².